The average molecular weight is 284 g/mol. The summed E-state index contributed by atoms with van der Waals surface area (Å²) in [5, 5.41) is 12.2. The summed E-state index contributed by atoms with van der Waals surface area (Å²) in [4.78, 5) is 25.0. The first-order chi connectivity index (χ1) is 9.61. The number of nitrogens with zero attached hydrogens (tertiary/aromatic N) is 1. The van der Waals surface area contributed by atoms with Crippen molar-refractivity contribution in [2.24, 2.45) is 0 Å². The Labute approximate surface area is 119 Å². The predicted octanol–water partition coefficient (Wildman–Crippen LogP) is 1.59. The Balaban J connectivity index is 1.94. The van der Waals surface area contributed by atoms with Gasteiger partial charge in [-0.05, 0) is 12.8 Å². The first kappa shape index (κ1) is 15.1. The second kappa shape index (κ2) is 6.92. The molecule has 2 rings (SSSR count). The largest absolute Gasteiger partial charge is 0.480 e. The molecule has 2 atom stereocenters. The fourth-order valence-corrected chi connectivity index (χ4v) is 3.11. The minimum absolute atomic E-state index is 0.182. The number of urea groups is 1. The molecule has 1 saturated carbocycles. The molecular weight excluding hydrogens is 260 g/mol. The number of carbonyl (C=O) groups is 2. The van der Waals surface area contributed by atoms with Crippen LogP contribution in [-0.2, 0) is 9.53 Å². The van der Waals surface area contributed by atoms with Crippen molar-refractivity contribution in [3.8, 4) is 0 Å². The van der Waals surface area contributed by atoms with Gasteiger partial charge in [0, 0.05) is 26.1 Å². The summed E-state index contributed by atoms with van der Waals surface area (Å²) < 4.78 is 5.20. The molecule has 0 spiro atoms. The van der Waals surface area contributed by atoms with Crippen LogP contribution in [0.5, 0.6) is 0 Å². The van der Waals surface area contributed by atoms with Crippen molar-refractivity contribution in [2.45, 2.75) is 63.1 Å². The molecule has 2 amide bonds. The number of nitrogens with one attached hydrogen (secondary N) is 1. The van der Waals surface area contributed by atoms with Crippen LogP contribution in [-0.4, -0.2) is 53.8 Å². The quantitative estimate of drug-likeness (QED) is 0.771. The highest BCUT2D eigenvalue weighted by Crippen LogP contribution is 2.22. The zero-order chi connectivity index (χ0) is 14.5. The van der Waals surface area contributed by atoms with Crippen molar-refractivity contribution in [1.29, 1.82) is 0 Å². The molecule has 2 aliphatic rings. The van der Waals surface area contributed by atoms with Gasteiger partial charge in [0.05, 0.1) is 6.10 Å². The molecular formula is C14H24N2O4. The summed E-state index contributed by atoms with van der Waals surface area (Å²) in [6.45, 7) is 0.353. The second-order valence-corrected chi connectivity index (χ2v) is 5.74. The summed E-state index contributed by atoms with van der Waals surface area (Å²) in [5.41, 5.74) is 0. The van der Waals surface area contributed by atoms with E-state index in [9.17, 15) is 14.7 Å². The second-order valence-electron chi connectivity index (χ2n) is 5.74. The molecule has 0 radical (unpaired) electrons. The van der Waals surface area contributed by atoms with Crippen LogP contribution in [0.3, 0.4) is 0 Å². The SMILES string of the molecule is COC1CC(C(=O)O)N(C(=O)NC2CCCCCC2)C1. The first-order valence-corrected chi connectivity index (χ1v) is 7.44. The number of carboxylic acid groups (broad SMARTS) is 1. The van der Waals surface area contributed by atoms with Crippen molar-refractivity contribution in [1.82, 2.24) is 10.2 Å². The van der Waals surface area contributed by atoms with Crippen molar-refractivity contribution < 1.29 is 19.4 Å². The Morgan fingerprint density at radius 2 is 1.85 bits per heavy atom. The lowest BCUT2D eigenvalue weighted by Gasteiger charge is -2.25. The standard InChI is InChI=1S/C14H24N2O4/c1-20-11-8-12(13(17)18)16(9-11)14(19)15-10-6-4-2-3-5-7-10/h10-12H,2-9H2,1H3,(H,15,19)(H,17,18). The zero-order valence-electron chi connectivity index (χ0n) is 12.0. The van der Waals surface area contributed by atoms with Crippen LogP contribution in [0.2, 0.25) is 0 Å². The Hall–Kier alpha value is -1.30. The first-order valence-electron chi connectivity index (χ1n) is 7.44. The molecule has 1 aliphatic carbocycles. The maximum Gasteiger partial charge on any atom is 0.326 e. The molecule has 6 heteroatoms. The highest BCUT2D eigenvalue weighted by molar-refractivity contribution is 5.83. The number of hydrogen-bond acceptors (Lipinski definition) is 3. The molecule has 1 heterocycles. The molecule has 0 aromatic heterocycles. The fourth-order valence-electron chi connectivity index (χ4n) is 3.11. The van der Waals surface area contributed by atoms with Gasteiger partial charge in [-0.25, -0.2) is 9.59 Å². The number of ether oxygens (including phenoxy) is 1. The lowest BCUT2D eigenvalue weighted by molar-refractivity contribution is -0.141. The molecule has 0 aromatic carbocycles. The smallest absolute Gasteiger partial charge is 0.326 e. The lowest BCUT2D eigenvalue weighted by Crippen LogP contribution is -2.49. The maximum atomic E-state index is 12.3. The van der Waals surface area contributed by atoms with Gasteiger partial charge in [-0.3, -0.25) is 0 Å². The molecule has 0 bridgehead atoms. The van der Waals surface area contributed by atoms with Gasteiger partial charge in [0.1, 0.15) is 6.04 Å². The van der Waals surface area contributed by atoms with E-state index in [-0.39, 0.29) is 18.2 Å². The fraction of sp³-hybridized carbons (Fsp3) is 0.857. The van der Waals surface area contributed by atoms with E-state index in [0.29, 0.717) is 13.0 Å². The minimum Gasteiger partial charge on any atom is -0.480 e. The molecule has 2 unspecified atom stereocenters. The number of rotatable bonds is 3. The number of methoxy groups -OCH3 is 1. The van der Waals surface area contributed by atoms with Gasteiger partial charge in [0.15, 0.2) is 0 Å². The highest BCUT2D eigenvalue weighted by Gasteiger charge is 2.40. The van der Waals surface area contributed by atoms with Crippen LogP contribution in [0.1, 0.15) is 44.9 Å². The molecule has 0 aromatic rings. The van der Waals surface area contributed by atoms with E-state index in [1.807, 2.05) is 0 Å². The van der Waals surface area contributed by atoms with E-state index in [0.717, 1.165) is 25.7 Å². The van der Waals surface area contributed by atoms with E-state index in [2.05, 4.69) is 5.32 Å². The van der Waals surface area contributed by atoms with E-state index in [4.69, 9.17) is 4.74 Å². The van der Waals surface area contributed by atoms with Gasteiger partial charge in [0.2, 0.25) is 0 Å². The van der Waals surface area contributed by atoms with Gasteiger partial charge in [0.25, 0.3) is 0 Å². The Bertz CT molecular complexity index is 353. The average Bonchev–Trinajstić information content (AvgIpc) is 2.71. The Morgan fingerprint density at radius 1 is 1.20 bits per heavy atom. The third kappa shape index (κ3) is 3.62. The molecule has 2 N–H and O–H groups in total. The van der Waals surface area contributed by atoms with Crippen LogP contribution in [0.15, 0.2) is 0 Å². The topological polar surface area (TPSA) is 78.9 Å². The molecule has 2 fully saturated rings. The van der Waals surface area contributed by atoms with Crippen LogP contribution in [0.25, 0.3) is 0 Å². The van der Waals surface area contributed by atoms with Gasteiger partial charge < -0.3 is 20.1 Å². The number of carbonyl (C=O) groups excluding carboxylic acids is 1. The molecule has 1 aliphatic heterocycles. The van der Waals surface area contributed by atoms with Crippen LogP contribution < -0.4 is 5.32 Å². The number of carboxylic acids is 1. The van der Waals surface area contributed by atoms with Crippen LogP contribution in [0, 0.1) is 0 Å². The normalized spacial score (nSPS) is 28.1. The van der Waals surface area contributed by atoms with Gasteiger partial charge >= 0.3 is 12.0 Å². The third-order valence-electron chi connectivity index (χ3n) is 4.32. The third-order valence-corrected chi connectivity index (χ3v) is 4.32. The maximum absolute atomic E-state index is 12.3. The van der Waals surface area contributed by atoms with Crippen molar-refractivity contribution in [3.63, 3.8) is 0 Å². The Morgan fingerprint density at radius 3 is 2.40 bits per heavy atom. The lowest BCUT2D eigenvalue weighted by atomic mass is 10.1. The summed E-state index contributed by atoms with van der Waals surface area (Å²) in [5.74, 6) is -0.958. The van der Waals surface area contributed by atoms with Crippen LogP contribution >= 0.6 is 0 Å². The van der Waals surface area contributed by atoms with Gasteiger partial charge in [-0.15, -0.1) is 0 Å². The van der Waals surface area contributed by atoms with Crippen molar-refractivity contribution >= 4 is 12.0 Å². The van der Waals surface area contributed by atoms with E-state index < -0.39 is 12.0 Å². The Kier molecular flexibility index (Phi) is 5.23. The highest BCUT2D eigenvalue weighted by atomic mass is 16.5. The minimum atomic E-state index is -0.958. The number of likely N-dealkylation sites (tertiary alicyclic amines) is 1. The summed E-state index contributed by atoms with van der Waals surface area (Å²) >= 11 is 0. The van der Waals surface area contributed by atoms with Crippen molar-refractivity contribution in [2.75, 3.05) is 13.7 Å². The van der Waals surface area contributed by atoms with Crippen molar-refractivity contribution in [3.05, 3.63) is 0 Å². The summed E-state index contributed by atoms with van der Waals surface area (Å²) in [6.07, 6.45) is 6.87. The summed E-state index contributed by atoms with van der Waals surface area (Å²) in [6, 6.07) is -0.851. The molecule has 1 saturated heterocycles. The molecule has 20 heavy (non-hydrogen) atoms. The molecule has 6 nitrogen and oxygen atoms in total. The number of aliphatic carboxylic acids is 1. The van der Waals surface area contributed by atoms with E-state index in [1.165, 1.54) is 17.7 Å². The summed E-state index contributed by atoms with van der Waals surface area (Å²) in [7, 11) is 1.55. The zero-order valence-corrected chi connectivity index (χ0v) is 12.0. The van der Waals surface area contributed by atoms with Crippen LogP contribution in [0.4, 0.5) is 4.79 Å². The predicted molar refractivity (Wildman–Crippen MR) is 73.6 cm³/mol. The molecule has 114 valence electrons. The van der Waals surface area contributed by atoms with E-state index >= 15 is 0 Å². The van der Waals surface area contributed by atoms with Gasteiger partial charge in [-0.2, -0.15) is 0 Å². The van der Waals surface area contributed by atoms with E-state index in [1.54, 1.807) is 7.11 Å². The number of amides is 2. The monoisotopic (exact) mass is 284 g/mol. The van der Waals surface area contributed by atoms with Gasteiger partial charge in [-0.1, -0.05) is 25.7 Å². The number of hydrogen-bond donors (Lipinski definition) is 2.